The summed E-state index contributed by atoms with van der Waals surface area (Å²) in [5, 5.41) is 7.72. The SMILES string of the molecule is CN(C)C(=O)Cc1ccc(NC(=O)Cc2csc(-c3cc(Br)cs3)n2)cc1. The van der Waals surface area contributed by atoms with Crippen LogP contribution in [0.5, 0.6) is 0 Å². The Morgan fingerprint density at radius 3 is 2.48 bits per heavy atom. The fourth-order valence-corrected chi connectivity index (χ4v) is 4.66. The molecule has 0 saturated carbocycles. The third-order valence-corrected chi connectivity index (χ3v) is 6.51. The summed E-state index contributed by atoms with van der Waals surface area (Å²) >= 11 is 6.60. The first-order chi connectivity index (χ1) is 12.9. The summed E-state index contributed by atoms with van der Waals surface area (Å²) < 4.78 is 1.03. The molecule has 3 rings (SSSR count). The Balaban J connectivity index is 1.56. The van der Waals surface area contributed by atoms with Crippen LogP contribution >= 0.6 is 38.6 Å². The summed E-state index contributed by atoms with van der Waals surface area (Å²) in [6.45, 7) is 0. The first-order valence-electron chi connectivity index (χ1n) is 8.18. The summed E-state index contributed by atoms with van der Waals surface area (Å²) in [5.41, 5.74) is 2.38. The second-order valence-corrected chi connectivity index (χ2v) is 8.84. The summed E-state index contributed by atoms with van der Waals surface area (Å²) in [7, 11) is 3.47. The lowest BCUT2D eigenvalue weighted by molar-refractivity contribution is -0.128. The molecular weight excluding hydrogens is 446 g/mol. The second-order valence-electron chi connectivity index (χ2n) is 6.16. The van der Waals surface area contributed by atoms with Gasteiger partial charge in [0.05, 0.1) is 23.4 Å². The number of carbonyl (C=O) groups excluding carboxylic acids is 2. The number of halogens is 1. The second kappa shape index (κ2) is 8.77. The van der Waals surface area contributed by atoms with Gasteiger partial charge in [0.2, 0.25) is 11.8 Å². The van der Waals surface area contributed by atoms with Crippen molar-refractivity contribution in [3.63, 3.8) is 0 Å². The van der Waals surface area contributed by atoms with E-state index in [1.807, 2.05) is 41.1 Å². The number of hydrogen-bond donors (Lipinski definition) is 1. The zero-order valence-electron chi connectivity index (χ0n) is 14.9. The standard InChI is InChI=1S/C19H18BrN3O2S2/c1-23(2)18(25)7-12-3-5-14(6-4-12)21-17(24)9-15-11-27-19(22-15)16-8-13(20)10-26-16/h3-6,8,10-11H,7,9H2,1-2H3,(H,21,24). The fraction of sp³-hybridized carbons (Fsp3) is 0.211. The van der Waals surface area contributed by atoms with E-state index in [4.69, 9.17) is 0 Å². The minimum atomic E-state index is -0.115. The van der Waals surface area contributed by atoms with Crippen LogP contribution in [0.2, 0.25) is 0 Å². The van der Waals surface area contributed by atoms with E-state index in [0.29, 0.717) is 12.1 Å². The number of benzene rings is 1. The van der Waals surface area contributed by atoms with Crippen LogP contribution in [0.25, 0.3) is 9.88 Å². The number of thiazole rings is 1. The highest BCUT2D eigenvalue weighted by Crippen LogP contribution is 2.32. The molecule has 0 aliphatic heterocycles. The van der Waals surface area contributed by atoms with Crippen LogP contribution in [-0.4, -0.2) is 35.8 Å². The average Bonchev–Trinajstić information content (AvgIpc) is 3.25. The molecule has 2 aromatic heterocycles. The lowest BCUT2D eigenvalue weighted by Crippen LogP contribution is -2.23. The van der Waals surface area contributed by atoms with Gasteiger partial charge in [-0.05, 0) is 39.7 Å². The van der Waals surface area contributed by atoms with Crippen molar-refractivity contribution >= 4 is 56.1 Å². The Labute approximate surface area is 174 Å². The Kier molecular flexibility index (Phi) is 6.41. The topological polar surface area (TPSA) is 62.3 Å². The van der Waals surface area contributed by atoms with Gasteiger partial charge in [0, 0.05) is 35.0 Å². The summed E-state index contributed by atoms with van der Waals surface area (Å²) in [4.78, 5) is 31.2. The quantitative estimate of drug-likeness (QED) is 0.587. The molecule has 0 spiro atoms. The Morgan fingerprint density at radius 2 is 1.85 bits per heavy atom. The molecule has 140 valence electrons. The first-order valence-corrected chi connectivity index (χ1v) is 10.7. The molecule has 1 N–H and O–H groups in total. The van der Waals surface area contributed by atoms with Crippen molar-refractivity contribution in [3.8, 4) is 9.88 Å². The van der Waals surface area contributed by atoms with Crippen LogP contribution in [0.3, 0.4) is 0 Å². The molecule has 0 unspecified atom stereocenters. The minimum Gasteiger partial charge on any atom is -0.349 e. The van der Waals surface area contributed by atoms with Crippen LogP contribution in [0.1, 0.15) is 11.3 Å². The Hall–Kier alpha value is -2.03. The predicted octanol–water partition coefficient (Wildman–Crippen LogP) is 4.45. The van der Waals surface area contributed by atoms with Crippen molar-refractivity contribution in [1.29, 1.82) is 0 Å². The number of carbonyl (C=O) groups is 2. The lowest BCUT2D eigenvalue weighted by Gasteiger charge is -2.10. The zero-order valence-corrected chi connectivity index (χ0v) is 18.1. The average molecular weight is 464 g/mol. The third-order valence-electron chi connectivity index (χ3n) is 3.76. The van der Waals surface area contributed by atoms with Gasteiger partial charge in [0.1, 0.15) is 5.01 Å². The number of likely N-dealkylation sites (N-methyl/N-ethyl adjacent to an activating group) is 1. The molecule has 27 heavy (non-hydrogen) atoms. The van der Waals surface area contributed by atoms with Gasteiger partial charge < -0.3 is 10.2 Å². The smallest absolute Gasteiger partial charge is 0.230 e. The van der Waals surface area contributed by atoms with E-state index in [9.17, 15) is 9.59 Å². The summed E-state index contributed by atoms with van der Waals surface area (Å²) in [5.74, 6) is -0.0692. The monoisotopic (exact) mass is 463 g/mol. The molecule has 0 fully saturated rings. The van der Waals surface area contributed by atoms with Gasteiger partial charge >= 0.3 is 0 Å². The lowest BCUT2D eigenvalue weighted by atomic mass is 10.1. The number of anilines is 1. The molecular formula is C19H18BrN3O2S2. The van der Waals surface area contributed by atoms with Crippen LogP contribution in [0.15, 0.2) is 45.6 Å². The van der Waals surface area contributed by atoms with E-state index >= 15 is 0 Å². The van der Waals surface area contributed by atoms with Crippen molar-refractivity contribution < 1.29 is 9.59 Å². The zero-order chi connectivity index (χ0) is 19.4. The maximum Gasteiger partial charge on any atom is 0.230 e. The van der Waals surface area contributed by atoms with Crippen molar-refractivity contribution in [3.05, 3.63) is 56.8 Å². The predicted molar refractivity (Wildman–Crippen MR) is 114 cm³/mol. The molecule has 5 nitrogen and oxygen atoms in total. The molecule has 0 saturated heterocycles. The molecule has 1 aromatic carbocycles. The molecule has 2 amide bonds. The number of hydrogen-bond acceptors (Lipinski definition) is 5. The van der Waals surface area contributed by atoms with Crippen molar-refractivity contribution in [2.45, 2.75) is 12.8 Å². The molecule has 0 radical (unpaired) electrons. The number of nitrogens with one attached hydrogen (secondary N) is 1. The van der Waals surface area contributed by atoms with E-state index in [-0.39, 0.29) is 18.2 Å². The van der Waals surface area contributed by atoms with Gasteiger partial charge in [-0.3, -0.25) is 9.59 Å². The van der Waals surface area contributed by atoms with Gasteiger partial charge in [-0.1, -0.05) is 12.1 Å². The summed E-state index contributed by atoms with van der Waals surface area (Å²) in [6, 6.07) is 9.35. The molecule has 2 heterocycles. The van der Waals surface area contributed by atoms with E-state index in [0.717, 1.165) is 25.6 Å². The largest absolute Gasteiger partial charge is 0.349 e. The van der Waals surface area contributed by atoms with E-state index in [2.05, 4.69) is 26.2 Å². The van der Waals surface area contributed by atoms with Crippen molar-refractivity contribution in [2.24, 2.45) is 0 Å². The maximum absolute atomic E-state index is 12.3. The van der Waals surface area contributed by atoms with Crippen LogP contribution in [0, 0.1) is 0 Å². The normalized spacial score (nSPS) is 10.6. The van der Waals surface area contributed by atoms with Gasteiger partial charge in [-0.15, -0.1) is 22.7 Å². The summed E-state index contributed by atoms with van der Waals surface area (Å²) in [6.07, 6.45) is 0.575. The number of amides is 2. The fourth-order valence-electron chi connectivity index (χ4n) is 2.33. The third kappa shape index (κ3) is 5.47. The molecule has 0 aliphatic rings. The van der Waals surface area contributed by atoms with Crippen molar-refractivity contribution in [1.82, 2.24) is 9.88 Å². The number of thiophene rings is 1. The first kappa shape index (κ1) is 19.7. The van der Waals surface area contributed by atoms with Crippen LogP contribution in [-0.2, 0) is 22.4 Å². The maximum atomic E-state index is 12.3. The Morgan fingerprint density at radius 1 is 1.11 bits per heavy atom. The van der Waals surface area contributed by atoms with E-state index in [1.165, 1.54) is 11.3 Å². The highest BCUT2D eigenvalue weighted by molar-refractivity contribution is 9.10. The van der Waals surface area contributed by atoms with Crippen LogP contribution in [0.4, 0.5) is 5.69 Å². The van der Waals surface area contributed by atoms with Gasteiger partial charge in [-0.25, -0.2) is 4.98 Å². The molecule has 0 bridgehead atoms. The molecule has 0 atom stereocenters. The van der Waals surface area contributed by atoms with Gasteiger partial charge in [-0.2, -0.15) is 0 Å². The highest BCUT2D eigenvalue weighted by atomic mass is 79.9. The van der Waals surface area contributed by atoms with E-state index < -0.39 is 0 Å². The van der Waals surface area contributed by atoms with Crippen LogP contribution < -0.4 is 5.32 Å². The Bertz CT molecular complexity index is 948. The van der Waals surface area contributed by atoms with E-state index in [1.54, 1.807) is 30.3 Å². The molecule has 0 aliphatic carbocycles. The number of aromatic nitrogens is 1. The molecule has 3 aromatic rings. The number of nitrogens with zero attached hydrogens (tertiary/aromatic N) is 2. The van der Waals surface area contributed by atoms with Gasteiger partial charge in [0.25, 0.3) is 0 Å². The molecule has 8 heteroatoms. The van der Waals surface area contributed by atoms with Gasteiger partial charge in [0.15, 0.2) is 0 Å². The minimum absolute atomic E-state index is 0.0453. The van der Waals surface area contributed by atoms with Crippen molar-refractivity contribution in [2.75, 3.05) is 19.4 Å². The highest BCUT2D eigenvalue weighted by Gasteiger charge is 2.11. The number of rotatable bonds is 6.